The second kappa shape index (κ2) is 10.6. The monoisotopic (exact) mass is 552 g/mol. The molecule has 0 radical (unpaired) electrons. The zero-order chi connectivity index (χ0) is 26.1. The van der Waals surface area contributed by atoms with Crippen molar-refractivity contribution >= 4 is 29.4 Å². The average Bonchev–Trinajstić information content (AvgIpc) is 2.96. The number of esters is 1. The smallest absolute Gasteiger partial charge is 0.457 e. The molecule has 0 aliphatic carbocycles. The van der Waals surface area contributed by atoms with E-state index in [0.29, 0.717) is 0 Å². The number of hydrogen-bond acceptors (Lipinski definition) is 11. The van der Waals surface area contributed by atoms with Gasteiger partial charge in [0.15, 0.2) is 12.3 Å². The number of carbonyl (C=O) groups excluding carboxylic acids is 1. The van der Waals surface area contributed by atoms with Crippen molar-refractivity contribution in [2.24, 2.45) is 5.92 Å². The zero-order valence-corrected chi connectivity index (χ0v) is 20.6. The normalized spacial score (nSPS) is 26.6. The number of carbonyl (C=O) groups is 1. The minimum absolute atomic E-state index is 0.134. The van der Waals surface area contributed by atoms with Crippen molar-refractivity contribution in [3.63, 3.8) is 0 Å². The van der Waals surface area contributed by atoms with Crippen molar-refractivity contribution in [3.8, 4) is 0 Å². The van der Waals surface area contributed by atoms with Crippen LogP contribution >= 0.6 is 23.5 Å². The number of aryl methyl sites for hydroxylation is 1. The lowest BCUT2D eigenvalue weighted by Crippen LogP contribution is -2.38. The van der Waals surface area contributed by atoms with Crippen LogP contribution in [0.5, 0.6) is 0 Å². The molecular formula is C14H23N2O15P3. The number of H-pyrrole nitrogens is 1. The predicted octanol–water partition coefficient (Wildman–Crippen LogP) is 0.0436. The predicted molar refractivity (Wildman–Crippen MR) is 109 cm³/mol. The second-order valence-corrected chi connectivity index (χ2v) is 11.5. The van der Waals surface area contributed by atoms with E-state index in [4.69, 9.17) is 19.3 Å². The zero-order valence-electron chi connectivity index (χ0n) is 17.9. The number of aromatic nitrogens is 2. The van der Waals surface area contributed by atoms with Crippen molar-refractivity contribution in [1.29, 1.82) is 0 Å². The minimum Gasteiger partial charge on any atom is -0.457 e. The lowest BCUT2D eigenvalue weighted by Gasteiger charge is -2.23. The number of phosphoric ester groups is 1. The van der Waals surface area contributed by atoms with Gasteiger partial charge >= 0.3 is 35.1 Å². The summed E-state index contributed by atoms with van der Waals surface area (Å²) in [5, 5.41) is 0. The Labute approximate surface area is 191 Å². The van der Waals surface area contributed by atoms with E-state index >= 15 is 0 Å². The fraction of sp³-hybridized carbons (Fsp3) is 0.643. The topological polar surface area (TPSA) is 250 Å². The summed E-state index contributed by atoms with van der Waals surface area (Å²) < 4.78 is 58.1. The molecule has 2 rings (SSSR count). The lowest BCUT2D eigenvalue weighted by atomic mass is 9.95. The van der Waals surface area contributed by atoms with Crippen LogP contribution in [0.15, 0.2) is 15.8 Å². The molecule has 0 bridgehead atoms. The first-order chi connectivity index (χ1) is 15.4. The summed E-state index contributed by atoms with van der Waals surface area (Å²) in [4.78, 5) is 73.8. The molecule has 1 fully saturated rings. The summed E-state index contributed by atoms with van der Waals surface area (Å²) in [6, 6.07) is 0. The number of aromatic amines is 1. The highest BCUT2D eigenvalue weighted by Gasteiger charge is 2.49. The fourth-order valence-corrected chi connectivity index (χ4v) is 6.28. The van der Waals surface area contributed by atoms with Crippen LogP contribution < -0.4 is 11.2 Å². The van der Waals surface area contributed by atoms with Crippen LogP contribution in [0.25, 0.3) is 0 Å². The number of phosphoric acid groups is 3. The van der Waals surface area contributed by atoms with Crippen molar-refractivity contribution in [1.82, 2.24) is 9.55 Å². The first-order valence-electron chi connectivity index (χ1n) is 9.38. The van der Waals surface area contributed by atoms with Crippen molar-refractivity contribution < 1.29 is 60.7 Å². The van der Waals surface area contributed by atoms with Crippen LogP contribution in [0.1, 0.15) is 32.1 Å². The molecule has 17 nitrogen and oxygen atoms in total. The number of nitrogens with one attached hydrogen (secondary N) is 1. The van der Waals surface area contributed by atoms with E-state index < -0.39 is 71.6 Å². The minimum atomic E-state index is -5.72. The Kier molecular flexibility index (Phi) is 9.00. The van der Waals surface area contributed by atoms with Gasteiger partial charge in [-0.3, -0.25) is 23.7 Å². The van der Waals surface area contributed by atoms with Gasteiger partial charge in [-0.15, -0.1) is 0 Å². The summed E-state index contributed by atoms with van der Waals surface area (Å²) in [7, 11) is -16.7. The molecule has 2 heterocycles. The van der Waals surface area contributed by atoms with Crippen LogP contribution in [0.2, 0.25) is 0 Å². The summed E-state index contributed by atoms with van der Waals surface area (Å²) in [5.41, 5.74) is -1.41. The standard InChI is InChI=1S/C14H23N2O15P3/c1-4-9-10(6-27-33(23,24)31-34(25,26)30-32(20,21)22)29-13(11(9)28-8(3)17)16-5-7(2)12(18)15-14(16)19/h5,9-11,13H,4,6H2,1-3H3,(H,23,24)(H,25,26)(H,15,18,19)(H2,20,21,22)/t9-,10-,11-,13-/m1/s1. The number of rotatable bonds is 10. The quantitative estimate of drug-likeness (QED) is 0.190. The Bertz CT molecular complexity index is 1170. The van der Waals surface area contributed by atoms with E-state index in [9.17, 15) is 37.9 Å². The summed E-state index contributed by atoms with van der Waals surface area (Å²) in [6.45, 7) is 3.35. The lowest BCUT2D eigenvalue weighted by molar-refractivity contribution is -0.154. The first kappa shape index (κ1) is 28.8. The van der Waals surface area contributed by atoms with Crippen molar-refractivity contribution in [2.75, 3.05) is 6.61 Å². The largest absolute Gasteiger partial charge is 0.490 e. The van der Waals surface area contributed by atoms with Gasteiger partial charge in [0.25, 0.3) is 5.56 Å². The van der Waals surface area contributed by atoms with E-state index in [1.807, 2.05) is 0 Å². The molecule has 6 atom stereocenters. The van der Waals surface area contributed by atoms with Gasteiger partial charge in [0.05, 0.1) is 12.7 Å². The molecular weight excluding hydrogens is 529 g/mol. The van der Waals surface area contributed by atoms with Crippen LogP contribution in [-0.2, 0) is 41.1 Å². The maximum absolute atomic E-state index is 12.3. The number of ether oxygens (including phenoxy) is 2. The van der Waals surface area contributed by atoms with Gasteiger partial charge in [-0.25, -0.2) is 18.5 Å². The average molecular weight is 552 g/mol. The molecule has 1 aromatic rings. The Hall–Kier alpha value is -1.48. The molecule has 0 aromatic carbocycles. The summed E-state index contributed by atoms with van der Waals surface area (Å²) in [5.74, 6) is -1.47. The molecule has 194 valence electrons. The molecule has 34 heavy (non-hydrogen) atoms. The Morgan fingerprint density at radius 1 is 1.15 bits per heavy atom. The molecule has 1 aliphatic rings. The maximum Gasteiger partial charge on any atom is 0.490 e. The second-order valence-electron chi connectivity index (χ2n) is 7.08. The van der Waals surface area contributed by atoms with Crippen LogP contribution in [0.4, 0.5) is 0 Å². The Morgan fingerprint density at radius 2 is 1.76 bits per heavy atom. The van der Waals surface area contributed by atoms with Crippen molar-refractivity contribution in [3.05, 3.63) is 32.6 Å². The molecule has 1 aromatic heterocycles. The van der Waals surface area contributed by atoms with E-state index in [2.05, 4.69) is 18.1 Å². The molecule has 0 spiro atoms. The Balaban J connectivity index is 2.27. The van der Waals surface area contributed by atoms with Gasteiger partial charge in [0.2, 0.25) is 0 Å². The molecule has 0 saturated carbocycles. The van der Waals surface area contributed by atoms with E-state index in [1.54, 1.807) is 6.92 Å². The molecule has 1 saturated heterocycles. The van der Waals surface area contributed by atoms with Crippen LogP contribution in [0.3, 0.4) is 0 Å². The molecule has 5 N–H and O–H groups in total. The number of nitrogens with zero attached hydrogens (tertiary/aromatic N) is 1. The van der Waals surface area contributed by atoms with E-state index in [-0.39, 0.29) is 12.0 Å². The molecule has 0 amide bonds. The van der Waals surface area contributed by atoms with E-state index in [0.717, 1.165) is 11.5 Å². The van der Waals surface area contributed by atoms with Crippen LogP contribution in [0, 0.1) is 12.8 Å². The van der Waals surface area contributed by atoms with Gasteiger partial charge in [-0.2, -0.15) is 8.62 Å². The molecule has 1 aliphatic heterocycles. The third-order valence-electron chi connectivity index (χ3n) is 4.51. The maximum atomic E-state index is 12.3. The highest BCUT2D eigenvalue weighted by Crippen LogP contribution is 2.66. The first-order valence-corrected chi connectivity index (χ1v) is 13.9. The highest BCUT2D eigenvalue weighted by atomic mass is 31.3. The third-order valence-corrected chi connectivity index (χ3v) is 8.31. The van der Waals surface area contributed by atoms with Gasteiger partial charge in [-0.1, -0.05) is 6.92 Å². The Morgan fingerprint density at radius 3 is 2.29 bits per heavy atom. The SMILES string of the molecule is CC[C@H]1[C@@H](OC(C)=O)[C@H](n2cc(C)c(=O)[nH]c2=O)O[C@@H]1COP(=O)(O)OP(=O)(O)OP(=O)(O)O. The summed E-state index contributed by atoms with van der Waals surface area (Å²) in [6.07, 6.45) is -2.15. The molecule has 2 unspecified atom stereocenters. The highest BCUT2D eigenvalue weighted by molar-refractivity contribution is 7.66. The van der Waals surface area contributed by atoms with Crippen molar-refractivity contribution in [2.45, 2.75) is 45.6 Å². The van der Waals surface area contributed by atoms with Gasteiger partial charge in [0, 0.05) is 24.6 Å². The number of hydrogen-bond donors (Lipinski definition) is 5. The van der Waals surface area contributed by atoms with Gasteiger partial charge in [-0.05, 0) is 13.3 Å². The third kappa shape index (κ3) is 7.77. The van der Waals surface area contributed by atoms with Gasteiger partial charge in [0.1, 0.15) is 0 Å². The summed E-state index contributed by atoms with van der Waals surface area (Å²) >= 11 is 0. The van der Waals surface area contributed by atoms with E-state index in [1.165, 1.54) is 13.1 Å². The van der Waals surface area contributed by atoms with Crippen LogP contribution in [-0.4, -0.2) is 53.9 Å². The molecule has 20 heteroatoms. The fourth-order valence-electron chi connectivity index (χ4n) is 3.25. The van der Waals surface area contributed by atoms with Gasteiger partial charge < -0.3 is 29.0 Å².